The van der Waals surface area contributed by atoms with Crippen molar-refractivity contribution in [3.05, 3.63) is 70.6 Å². The third-order valence-electron chi connectivity index (χ3n) is 3.70. The van der Waals surface area contributed by atoms with E-state index in [-0.39, 0.29) is 18.0 Å². The summed E-state index contributed by atoms with van der Waals surface area (Å²) in [6, 6.07) is 12.9. The standard InChI is InChI=1S/C19H15ClF2N2O3/c1-11-16(24-18(26-11)13-4-6-14(20)7-5-13)17(25)23-10-12-2-8-15(9-3-12)27-19(21)22/h2-9,19H,10H2,1H3,(H,23,25). The Labute approximate surface area is 158 Å². The lowest BCUT2D eigenvalue weighted by Gasteiger charge is -2.06. The Kier molecular flexibility index (Phi) is 5.71. The van der Waals surface area contributed by atoms with Gasteiger partial charge in [0.2, 0.25) is 5.89 Å². The molecule has 0 saturated heterocycles. The summed E-state index contributed by atoms with van der Waals surface area (Å²) >= 11 is 5.86. The van der Waals surface area contributed by atoms with Crippen LogP contribution in [0.25, 0.3) is 11.5 Å². The number of oxazole rings is 1. The molecule has 1 amide bonds. The number of aromatic nitrogens is 1. The average molecular weight is 393 g/mol. The Morgan fingerprint density at radius 2 is 1.85 bits per heavy atom. The summed E-state index contributed by atoms with van der Waals surface area (Å²) in [4.78, 5) is 16.6. The van der Waals surface area contributed by atoms with Crippen molar-refractivity contribution in [1.29, 1.82) is 0 Å². The van der Waals surface area contributed by atoms with Crippen LogP contribution in [0.15, 0.2) is 52.9 Å². The number of nitrogens with zero attached hydrogens (tertiary/aromatic N) is 1. The molecular formula is C19H15ClF2N2O3. The summed E-state index contributed by atoms with van der Waals surface area (Å²) in [5.41, 5.74) is 1.61. The summed E-state index contributed by atoms with van der Waals surface area (Å²) in [7, 11) is 0. The predicted molar refractivity (Wildman–Crippen MR) is 95.9 cm³/mol. The second-order valence-electron chi connectivity index (χ2n) is 5.64. The zero-order valence-corrected chi connectivity index (χ0v) is 15.0. The molecule has 0 radical (unpaired) electrons. The van der Waals surface area contributed by atoms with Gasteiger partial charge in [-0.2, -0.15) is 8.78 Å². The van der Waals surface area contributed by atoms with Crippen molar-refractivity contribution in [1.82, 2.24) is 10.3 Å². The quantitative estimate of drug-likeness (QED) is 0.652. The molecule has 5 nitrogen and oxygen atoms in total. The maximum absolute atomic E-state index is 12.4. The number of halogens is 3. The molecule has 0 aliphatic rings. The van der Waals surface area contributed by atoms with E-state index >= 15 is 0 Å². The van der Waals surface area contributed by atoms with Crippen LogP contribution in [0.5, 0.6) is 5.75 Å². The second-order valence-corrected chi connectivity index (χ2v) is 6.07. The Bertz CT molecular complexity index is 925. The molecule has 27 heavy (non-hydrogen) atoms. The zero-order chi connectivity index (χ0) is 19.4. The fourth-order valence-corrected chi connectivity index (χ4v) is 2.50. The zero-order valence-electron chi connectivity index (χ0n) is 14.2. The van der Waals surface area contributed by atoms with E-state index in [9.17, 15) is 13.6 Å². The van der Waals surface area contributed by atoms with E-state index in [4.69, 9.17) is 16.0 Å². The molecule has 0 unspecified atom stereocenters. The smallest absolute Gasteiger partial charge is 0.387 e. The Morgan fingerprint density at radius 3 is 2.48 bits per heavy atom. The third kappa shape index (κ3) is 4.83. The number of hydrogen-bond donors (Lipinski definition) is 1. The number of amides is 1. The van der Waals surface area contributed by atoms with Gasteiger partial charge in [0, 0.05) is 17.1 Å². The topological polar surface area (TPSA) is 64.4 Å². The van der Waals surface area contributed by atoms with Crippen molar-refractivity contribution >= 4 is 17.5 Å². The molecule has 0 atom stereocenters. The minimum Gasteiger partial charge on any atom is -0.441 e. The van der Waals surface area contributed by atoms with Gasteiger partial charge < -0.3 is 14.5 Å². The van der Waals surface area contributed by atoms with Gasteiger partial charge in [0.05, 0.1) is 0 Å². The fraction of sp³-hybridized carbons (Fsp3) is 0.158. The molecule has 1 heterocycles. The highest BCUT2D eigenvalue weighted by molar-refractivity contribution is 6.30. The molecule has 0 fully saturated rings. The van der Waals surface area contributed by atoms with Crippen LogP contribution in [0, 0.1) is 6.92 Å². The predicted octanol–water partition coefficient (Wildman–Crippen LogP) is 4.83. The van der Waals surface area contributed by atoms with E-state index in [0.29, 0.717) is 22.2 Å². The number of aryl methyl sites for hydroxylation is 1. The van der Waals surface area contributed by atoms with Gasteiger partial charge in [-0.3, -0.25) is 4.79 Å². The lowest BCUT2D eigenvalue weighted by molar-refractivity contribution is -0.0498. The number of alkyl halides is 2. The van der Waals surface area contributed by atoms with Crippen LogP contribution in [-0.2, 0) is 6.54 Å². The molecule has 3 rings (SSSR count). The van der Waals surface area contributed by atoms with Crippen LogP contribution in [0.4, 0.5) is 8.78 Å². The molecule has 0 bridgehead atoms. The molecule has 0 aliphatic heterocycles. The van der Waals surface area contributed by atoms with Crippen molar-refractivity contribution < 1.29 is 22.7 Å². The number of rotatable bonds is 6. The highest BCUT2D eigenvalue weighted by Crippen LogP contribution is 2.23. The number of carbonyl (C=O) groups excluding carboxylic acids is 1. The first-order chi connectivity index (χ1) is 12.9. The van der Waals surface area contributed by atoms with Crippen LogP contribution in [0.3, 0.4) is 0 Å². The molecule has 0 spiro atoms. The molecular weight excluding hydrogens is 378 g/mol. The van der Waals surface area contributed by atoms with Crippen LogP contribution in [0.2, 0.25) is 5.02 Å². The maximum Gasteiger partial charge on any atom is 0.387 e. The number of carbonyl (C=O) groups is 1. The molecule has 140 valence electrons. The largest absolute Gasteiger partial charge is 0.441 e. The monoisotopic (exact) mass is 392 g/mol. The second kappa shape index (κ2) is 8.18. The summed E-state index contributed by atoms with van der Waals surface area (Å²) in [5.74, 6) is 0.366. The van der Waals surface area contributed by atoms with Crippen molar-refractivity contribution in [3.63, 3.8) is 0 Å². The maximum atomic E-state index is 12.4. The minimum absolute atomic E-state index is 0.0556. The van der Waals surface area contributed by atoms with E-state index in [2.05, 4.69) is 15.0 Å². The van der Waals surface area contributed by atoms with Crippen LogP contribution in [-0.4, -0.2) is 17.5 Å². The number of nitrogens with one attached hydrogen (secondary N) is 1. The lowest BCUT2D eigenvalue weighted by atomic mass is 10.2. The number of ether oxygens (including phenoxy) is 1. The van der Waals surface area contributed by atoms with Crippen LogP contribution >= 0.6 is 11.6 Å². The minimum atomic E-state index is -2.87. The first kappa shape index (κ1) is 18.8. The van der Waals surface area contributed by atoms with Crippen molar-refractivity contribution in [2.24, 2.45) is 0 Å². The van der Waals surface area contributed by atoms with Gasteiger partial charge in [-0.15, -0.1) is 0 Å². The van der Waals surface area contributed by atoms with Crippen LogP contribution in [0.1, 0.15) is 21.8 Å². The molecule has 8 heteroatoms. The highest BCUT2D eigenvalue weighted by Gasteiger charge is 2.18. The molecule has 1 aromatic heterocycles. The molecule has 0 saturated carbocycles. The normalized spacial score (nSPS) is 10.9. The highest BCUT2D eigenvalue weighted by atomic mass is 35.5. The van der Waals surface area contributed by atoms with Gasteiger partial charge >= 0.3 is 6.61 Å². The first-order valence-corrected chi connectivity index (χ1v) is 8.35. The van der Waals surface area contributed by atoms with Gasteiger partial charge in [-0.1, -0.05) is 23.7 Å². The first-order valence-electron chi connectivity index (χ1n) is 7.97. The van der Waals surface area contributed by atoms with Crippen LogP contribution < -0.4 is 10.1 Å². The van der Waals surface area contributed by atoms with Crippen molar-refractivity contribution in [3.8, 4) is 17.2 Å². The third-order valence-corrected chi connectivity index (χ3v) is 3.96. The van der Waals surface area contributed by atoms with E-state index in [1.54, 1.807) is 43.3 Å². The van der Waals surface area contributed by atoms with Crippen molar-refractivity contribution in [2.45, 2.75) is 20.1 Å². The van der Waals surface area contributed by atoms with Gasteiger partial charge in [0.25, 0.3) is 5.91 Å². The van der Waals surface area contributed by atoms with Gasteiger partial charge in [0.15, 0.2) is 5.69 Å². The fourth-order valence-electron chi connectivity index (χ4n) is 2.38. The molecule has 1 N–H and O–H groups in total. The number of hydrogen-bond acceptors (Lipinski definition) is 4. The summed E-state index contributed by atoms with van der Waals surface area (Å²) in [6.07, 6.45) is 0. The molecule has 0 aliphatic carbocycles. The lowest BCUT2D eigenvalue weighted by Crippen LogP contribution is -2.23. The van der Waals surface area contributed by atoms with E-state index in [1.165, 1.54) is 12.1 Å². The SMILES string of the molecule is Cc1oc(-c2ccc(Cl)cc2)nc1C(=O)NCc1ccc(OC(F)F)cc1. The van der Waals surface area contributed by atoms with E-state index < -0.39 is 12.5 Å². The van der Waals surface area contributed by atoms with E-state index in [0.717, 1.165) is 5.56 Å². The Morgan fingerprint density at radius 1 is 1.19 bits per heavy atom. The molecule has 3 aromatic rings. The van der Waals surface area contributed by atoms with Crippen molar-refractivity contribution in [2.75, 3.05) is 0 Å². The van der Waals surface area contributed by atoms with E-state index in [1.807, 2.05) is 0 Å². The Balaban J connectivity index is 1.65. The summed E-state index contributed by atoms with van der Waals surface area (Å²) in [6.45, 7) is -1.02. The van der Waals surface area contributed by atoms with Gasteiger partial charge in [-0.05, 0) is 48.9 Å². The molecule has 2 aromatic carbocycles. The average Bonchev–Trinajstić information content (AvgIpc) is 3.03. The number of benzene rings is 2. The summed E-state index contributed by atoms with van der Waals surface area (Å²) in [5, 5.41) is 3.31. The van der Waals surface area contributed by atoms with Gasteiger partial charge in [0.1, 0.15) is 11.5 Å². The summed E-state index contributed by atoms with van der Waals surface area (Å²) < 4.78 is 34.1. The van der Waals surface area contributed by atoms with Gasteiger partial charge in [-0.25, -0.2) is 4.98 Å². The Hall–Kier alpha value is -2.93.